The van der Waals surface area contributed by atoms with Gasteiger partial charge in [0.1, 0.15) is 6.04 Å². The second-order valence-corrected chi connectivity index (χ2v) is 9.07. The molecule has 7 heteroatoms. The highest BCUT2D eigenvalue weighted by molar-refractivity contribution is 7.12. The van der Waals surface area contributed by atoms with Gasteiger partial charge in [-0.2, -0.15) is 0 Å². The normalized spacial score (nSPS) is 23.9. The lowest BCUT2D eigenvalue weighted by Crippen LogP contribution is -2.51. The van der Waals surface area contributed by atoms with Crippen molar-refractivity contribution in [1.82, 2.24) is 14.7 Å². The maximum Gasteiger partial charge on any atom is 0.264 e. The van der Waals surface area contributed by atoms with E-state index in [1.165, 1.54) is 17.8 Å². The Hall–Kier alpha value is -1.89. The molecule has 4 rings (SSSR count). The summed E-state index contributed by atoms with van der Waals surface area (Å²) in [4.78, 5) is 44.9. The lowest BCUT2D eigenvalue weighted by molar-refractivity contribution is -0.143. The van der Waals surface area contributed by atoms with Gasteiger partial charge in [-0.15, -0.1) is 11.3 Å². The zero-order valence-corrected chi connectivity index (χ0v) is 17.2. The van der Waals surface area contributed by atoms with Crippen LogP contribution in [0.1, 0.15) is 54.6 Å². The Bertz CT molecular complexity index is 706. The summed E-state index contributed by atoms with van der Waals surface area (Å²) in [6.07, 6.45) is 6.54. The van der Waals surface area contributed by atoms with Gasteiger partial charge in [-0.05, 0) is 56.4 Å². The summed E-state index contributed by atoms with van der Waals surface area (Å²) in [6, 6.07) is 3.35. The predicted molar refractivity (Wildman–Crippen MR) is 108 cm³/mol. The van der Waals surface area contributed by atoms with Gasteiger partial charge in [-0.3, -0.25) is 14.4 Å². The Morgan fingerprint density at radius 3 is 2.21 bits per heavy atom. The first kappa shape index (κ1) is 19.4. The van der Waals surface area contributed by atoms with Crippen molar-refractivity contribution >= 4 is 29.1 Å². The van der Waals surface area contributed by atoms with Gasteiger partial charge < -0.3 is 14.7 Å². The first-order valence-electron chi connectivity index (χ1n) is 10.6. The molecule has 1 aromatic rings. The molecule has 28 heavy (non-hydrogen) atoms. The zero-order valence-electron chi connectivity index (χ0n) is 16.3. The molecule has 152 valence electrons. The summed E-state index contributed by atoms with van der Waals surface area (Å²) < 4.78 is 0. The Labute approximate surface area is 170 Å². The highest BCUT2D eigenvalue weighted by Gasteiger charge is 2.39. The van der Waals surface area contributed by atoms with Crippen LogP contribution < -0.4 is 0 Å². The van der Waals surface area contributed by atoms with Crippen molar-refractivity contribution in [3.63, 3.8) is 0 Å². The molecule has 0 spiro atoms. The molecule has 3 fully saturated rings. The number of thiophene rings is 1. The van der Waals surface area contributed by atoms with Crippen molar-refractivity contribution in [2.45, 2.75) is 51.0 Å². The van der Waals surface area contributed by atoms with Crippen molar-refractivity contribution < 1.29 is 14.4 Å². The van der Waals surface area contributed by atoms with Gasteiger partial charge in [0.15, 0.2) is 0 Å². The largest absolute Gasteiger partial charge is 0.342 e. The van der Waals surface area contributed by atoms with Crippen molar-refractivity contribution in [1.29, 1.82) is 0 Å². The van der Waals surface area contributed by atoms with E-state index >= 15 is 0 Å². The molecule has 0 saturated carbocycles. The van der Waals surface area contributed by atoms with E-state index in [4.69, 9.17) is 0 Å². The Balaban J connectivity index is 1.33. The fourth-order valence-corrected chi connectivity index (χ4v) is 5.42. The minimum absolute atomic E-state index is 0.0268. The molecule has 3 amide bonds. The Kier molecular flexibility index (Phi) is 5.99. The number of carbonyl (C=O) groups is 3. The van der Waals surface area contributed by atoms with Gasteiger partial charge in [0.05, 0.1) is 4.88 Å². The van der Waals surface area contributed by atoms with Crippen LogP contribution in [0.3, 0.4) is 0 Å². The third kappa shape index (κ3) is 3.95. The number of rotatable bonds is 3. The van der Waals surface area contributed by atoms with Crippen LogP contribution in [0, 0.1) is 5.92 Å². The number of likely N-dealkylation sites (tertiary alicyclic amines) is 3. The molecule has 1 aromatic heterocycles. The topological polar surface area (TPSA) is 60.9 Å². The average Bonchev–Trinajstić information content (AvgIpc) is 3.45. The van der Waals surface area contributed by atoms with E-state index in [1.807, 2.05) is 27.3 Å². The number of hydrogen-bond acceptors (Lipinski definition) is 4. The molecular formula is C21H29N3O3S. The molecule has 4 heterocycles. The number of piperidine rings is 2. The van der Waals surface area contributed by atoms with E-state index in [-0.39, 0.29) is 29.7 Å². The fourth-order valence-electron chi connectivity index (χ4n) is 4.74. The maximum atomic E-state index is 13.1. The molecule has 0 aliphatic carbocycles. The highest BCUT2D eigenvalue weighted by atomic mass is 32.1. The van der Waals surface area contributed by atoms with E-state index in [9.17, 15) is 14.4 Å². The molecule has 3 saturated heterocycles. The van der Waals surface area contributed by atoms with Crippen molar-refractivity contribution in [2.24, 2.45) is 5.92 Å². The van der Waals surface area contributed by atoms with Crippen LogP contribution in [0.5, 0.6) is 0 Å². The molecule has 0 bridgehead atoms. The quantitative estimate of drug-likeness (QED) is 0.779. The monoisotopic (exact) mass is 403 g/mol. The molecule has 0 aromatic carbocycles. The van der Waals surface area contributed by atoms with Gasteiger partial charge in [0.25, 0.3) is 5.91 Å². The summed E-state index contributed by atoms with van der Waals surface area (Å²) in [5.74, 6) is 0.365. The molecule has 1 atom stereocenters. The first-order valence-corrected chi connectivity index (χ1v) is 11.4. The predicted octanol–water partition coefficient (Wildman–Crippen LogP) is 2.60. The van der Waals surface area contributed by atoms with Gasteiger partial charge >= 0.3 is 0 Å². The fraction of sp³-hybridized carbons (Fsp3) is 0.667. The molecule has 3 aliphatic rings. The van der Waals surface area contributed by atoms with Crippen LogP contribution in [0.15, 0.2) is 17.5 Å². The number of carbonyl (C=O) groups excluding carboxylic acids is 3. The molecule has 6 nitrogen and oxygen atoms in total. The molecular weight excluding hydrogens is 374 g/mol. The van der Waals surface area contributed by atoms with E-state index in [1.54, 1.807) is 4.90 Å². The number of amides is 3. The molecule has 0 N–H and O–H groups in total. The summed E-state index contributed by atoms with van der Waals surface area (Å²) in [6.45, 7) is 3.68. The third-order valence-electron chi connectivity index (χ3n) is 6.35. The minimum Gasteiger partial charge on any atom is -0.342 e. The highest BCUT2D eigenvalue weighted by Crippen LogP contribution is 2.27. The van der Waals surface area contributed by atoms with Crippen LogP contribution >= 0.6 is 11.3 Å². The Morgan fingerprint density at radius 1 is 0.821 bits per heavy atom. The van der Waals surface area contributed by atoms with Crippen molar-refractivity contribution in [3.8, 4) is 0 Å². The van der Waals surface area contributed by atoms with Crippen LogP contribution in [0.25, 0.3) is 0 Å². The van der Waals surface area contributed by atoms with E-state index < -0.39 is 0 Å². The van der Waals surface area contributed by atoms with Gasteiger partial charge in [0, 0.05) is 38.6 Å². The molecule has 1 unspecified atom stereocenters. The van der Waals surface area contributed by atoms with Gasteiger partial charge in [0.2, 0.25) is 11.8 Å². The lowest BCUT2D eigenvalue weighted by atomic mass is 9.94. The third-order valence-corrected chi connectivity index (χ3v) is 7.21. The van der Waals surface area contributed by atoms with Gasteiger partial charge in [-0.1, -0.05) is 6.07 Å². The molecule has 3 aliphatic heterocycles. The summed E-state index contributed by atoms with van der Waals surface area (Å²) >= 11 is 1.43. The van der Waals surface area contributed by atoms with Crippen LogP contribution in [-0.4, -0.2) is 71.2 Å². The van der Waals surface area contributed by atoms with E-state index in [2.05, 4.69) is 0 Å². The maximum absolute atomic E-state index is 13.1. The smallest absolute Gasteiger partial charge is 0.264 e. The zero-order chi connectivity index (χ0) is 19.5. The van der Waals surface area contributed by atoms with Crippen LogP contribution in [-0.2, 0) is 9.59 Å². The van der Waals surface area contributed by atoms with Crippen LogP contribution in [0.4, 0.5) is 0 Å². The standard InChI is InChI=1S/C21H29N3O3S/c25-19(22-10-2-1-3-11-22)16-8-13-23(14-9-16)20(26)17-6-4-12-24(17)21(27)18-7-5-15-28-18/h5,7,15-17H,1-4,6,8-14H2. The first-order chi connectivity index (χ1) is 13.6. The SMILES string of the molecule is O=C(C1CCN(C(=O)C2CCCN2C(=O)c2cccs2)CC1)N1CCCCC1. The number of hydrogen-bond donors (Lipinski definition) is 0. The lowest BCUT2D eigenvalue weighted by Gasteiger charge is -2.37. The van der Waals surface area contributed by atoms with Crippen molar-refractivity contribution in [2.75, 3.05) is 32.7 Å². The second kappa shape index (κ2) is 8.64. The molecule has 0 radical (unpaired) electrons. The van der Waals surface area contributed by atoms with Gasteiger partial charge in [-0.25, -0.2) is 0 Å². The van der Waals surface area contributed by atoms with E-state index in [0.29, 0.717) is 24.5 Å². The Morgan fingerprint density at radius 2 is 1.54 bits per heavy atom. The number of nitrogens with zero attached hydrogens (tertiary/aromatic N) is 3. The minimum atomic E-state index is -0.344. The average molecular weight is 404 g/mol. The van der Waals surface area contributed by atoms with Crippen molar-refractivity contribution in [3.05, 3.63) is 22.4 Å². The second-order valence-electron chi connectivity index (χ2n) is 8.12. The summed E-state index contributed by atoms with van der Waals surface area (Å²) in [5, 5.41) is 1.89. The summed E-state index contributed by atoms with van der Waals surface area (Å²) in [5.41, 5.74) is 0. The van der Waals surface area contributed by atoms with E-state index in [0.717, 1.165) is 51.6 Å². The summed E-state index contributed by atoms with van der Waals surface area (Å²) in [7, 11) is 0. The van der Waals surface area contributed by atoms with Crippen LogP contribution in [0.2, 0.25) is 0 Å².